The zero-order valence-electron chi connectivity index (χ0n) is 21.4. The van der Waals surface area contributed by atoms with E-state index in [-0.39, 0.29) is 22.2 Å². The third-order valence-corrected chi connectivity index (χ3v) is 7.63. The van der Waals surface area contributed by atoms with E-state index in [9.17, 15) is 27.0 Å². The van der Waals surface area contributed by atoms with Crippen molar-refractivity contribution in [1.29, 1.82) is 0 Å². The summed E-state index contributed by atoms with van der Waals surface area (Å²) in [4.78, 5) is 26.0. The van der Waals surface area contributed by atoms with Crippen LogP contribution in [0.2, 0.25) is 0 Å². The number of unbranched alkanes of at least 4 members (excludes halogenated alkanes) is 1. The first kappa shape index (κ1) is 29.5. The number of carbonyl (C=O) groups is 1. The van der Waals surface area contributed by atoms with Gasteiger partial charge in [-0.25, -0.2) is 17.2 Å². The number of aromatic nitrogens is 1. The van der Waals surface area contributed by atoms with Crippen LogP contribution in [0, 0.1) is 11.6 Å². The van der Waals surface area contributed by atoms with E-state index in [1.807, 2.05) is 6.92 Å². The molecule has 204 valence electrons. The monoisotopic (exact) mass is 565 g/mol. The lowest BCUT2D eigenvalue weighted by molar-refractivity contribution is 0.103. The van der Waals surface area contributed by atoms with E-state index in [1.54, 1.807) is 6.92 Å². The summed E-state index contributed by atoms with van der Waals surface area (Å²) < 4.78 is 71.2. The van der Waals surface area contributed by atoms with E-state index < -0.39 is 50.5 Å². The Morgan fingerprint density at radius 3 is 2.39 bits per heavy atom. The van der Waals surface area contributed by atoms with Crippen molar-refractivity contribution in [3.8, 4) is 11.1 Å². The molecule has 38 heavy (non-hydrogen) atoms. The van der Waals surface area contributed by atoms with Crippen molar-refractivity contribution in [2.75, 3.05) is 16.7 Å². The fraction of sp³-hybridized carbons (Fsp3) is 0.308. The first-order chi connectivity index (χ1) is 17.8. The Morgan fingerprint density at radius 1 is 1.13 bits per heavy atom. The van der Waals surface area contributed by atoms with Crippen LogP contribution in [-0.4, -0.2) is 35.3 Å². The maximum atomic E-state index is 15.1. The van der Waals surface area contributed by atoms with E-state index in [4.69, 9.17) is 0 Å². The van der Waals surface area contributed by atoms with Gasteiger partial charge in [-0.15, -0.1) is 4.72 Å². The molecule has 0 unspecified atom stereocenters. The number of aryl methyl sites for hydroxylation is 1. The van der Waals surface area contributed by atoms with E-state index in [0.29, 0.717) is 16.9 Å². The SMILES string of the molecule is CCCC[S@+]([O-])N[C@@H](C)c1cc(=O)n(C)cc1-c1cc(NS(C)(=O)=O)c(F)cc1C(=O)c1ccc(F)cc1. The smallest absolute Gasteiger partial charge is 0.250 e. The number of carbonyl (C=O) groups excluding carboxylic acids is 1. The minimum Gasteiger partial charge on any atom is -0.598 e. The van der Waals surface area contributed by atoms with Gasteiger partial charge in [0.25, 0.3) is 5.56 Å². The Labute approximate surface area is 223 Å². The van der Waals surface area contributed by atoms with Crippen LogP contribution in [-0.2, 0) is 28.4 Å². The molecule has 0 fully saturated rings. The molecule has 3 rings (SSSR count). The molecule has 2 atom stereocenters. The van der Waals surface area contributed by atoms with Gasteiger partial charge in [-0.2, -0.15) is 0 Å². The zero-order valence-corrected chi connectivity index (χ0v) is 23.0. The van der Waals surface area contributed by atoms with Gasteiger partial charge in [-0.1, -0.05) is 13.3 Å². The molecule has 0 radical (unpaired) electrons. The summed E-state index contributed by atoms with van der Waals surface area (Å²) in [5.41, 5.74) is 0.00128. The van der Waals surface area contributed by atoms with Crippen LogP contribution in [0.1, 0.15) is 54.2 Å². The molecule has 1 aromatic heterocycles. The topological polar surface area (TPSA) is 120 Å². The molecule has 0 aliphatic heterocycles. The highest BCUT2D eigenvalue weighted by molar-refractivity contribution is 7.92. The lowest BCUT2D eigenvalue weighted by Gasteiger charge is -2.22. The Hall–Kier alpha value is -3.06. The molecule has 1 heterocycles. The van der Waals surface area contributed by atoms with Crippen molar-refractivity contribution in [2.45, 2.75) is 32.7 Å². The minimum atomic E-state index is -3.88. The first-order valence-corrected chi connectivity index (χ1v) is 15.0. The van der Waals surface area contributed by atoms with Crippen molar-refractivity contribution in [3.63, 3.8) is 0 Å². The molecule has 0 saturated heterocycles. The second-order valence-electron chi connectivity index (χ2n) is 8.92. The number of nitrogens with zero attached hydrogens (tertiary/aromatic N) is 1. The maximum Gasteiger partial charge on any atom is 0.250 e. The Kier molecular flexibility index (Phi) is 9.47. The quantitative estimate of drug-likeness (QED) is 0.267. The van der Waals surface area contributed by atoms with Gasteiger partial charge in [0.05, 0.1) is 18.0 Å². The average molecular weight is 566 g/mol. The van der Waals surface area contributed by atoms with Gasteiger partial charge in [0.15, 0.2) is 5.78 Å². The molecule has 3 aromatic rings. The number of nitrogens with one attached hydrogen (secondary N) is 2. The fourth-order valence-electron chi connectivity index (χ4n) is 3.84. The van der Waals surface area contributed by atoms with E-state index in [2.05, 4.69) is 9.44 Å². The largest absolute Gasteiger partial charge is 0.598 e. The predicted octanol–water partition coefficient (Wildman–Crippen LogP) is 4.05. The van der Waals surface area contributed by atoms with Gasteiger partial charge in [0.1, 0.15) is 17.4 Å². The third kappa shape index (κ3) is 7.28. The van der Waals surface area contributed by atoms with E-state index in [1.165, 1.54) is 42.1 Å². The molecular weight excluding hydrogens is 536 g/mol. The molecule has 2 aromatic carbocycles. The van der Waals surface area contributed by atoms with Gasteiger partial charge in [0.2, 0.25) is 10.0 Å². The molecule has 2 N–H and O–H groups in total. The second-order valence-corrected chi connectivity index (χ2v) is 12.0. The van der Waals surface area contributed by atoms with Crippen LogP contribution < -0.4 is 15.0 Å². The lowest BCUT2D eigenvalue weighted by Crippen LogP contribution is -2.31. The highest BCUT2D eigenvalue weighted by Crippen LogP contribution is 2.35. The van der Waals surface area contributed by atoms with Gasteiger partial charge >= 0.3 is 0 Å². The molecular formula is C26H29F2N3O5S2. The first-order valence-electron chi connectivity index (χ1n) is 11.8. The molecule has 0 aliphatic carbocycles. The van der Waals surface area contributed by atoms with E-state index >= 15 is 4.39 Å². The van der Waals surface area contributed by atoms with Crippen LogP contribution in [0.5, 0.6) is 0 Å². The Morgan fingerprint density at radius 2 is 1.79 bits per heavy atom. The summed E-state index contributed by atoms with van der Waals surface area (Å²) >= 11 is -1.41. The number of ketones is 1. The molecule has 0 saturated carbocycles. The molecule has 8 nitrogen and oxygen atoms in total. The third-order valence-electron chi connectivity index (χ3n) is 5.76. The van der Waals surface area contributed by atoms with Gasteiger partial charge in [0, 0.05) is 47.4 Å². The van der Waals surface area contributed by atoms with Crippen LogP contribution in [0.25, 0.3) is 11.1 Å². The highest BCUT2D eigenvalue weighted by Gasteiger charge is 2.25. The molecule has 12 heteroatoms. The molecule has 0 aliphatic rings. The number of rotatable bonds is 11. The number of sulfonamides is 1. The molecule has 0 bridgehead atoms. The molecule has 0 spiro atoms. The fourth-order valence-corrected chi connectivity index (χ4v) is 5.59. The van der Waals surface area contributed by atoms with E-state index in [0.717, 1.165) is 37.3 Å². The van der Waals surface area contributed by atoms with Crippen LogP contribution in [0.3, 0.4) is 0 Å². The Balaban J connectivity index is 2.26. The van der Waals surface area contributed by atoms with Gasteiger partial charge in [-0.05, 0) is 60.9 Å². The normalized spacial score (nSPS) is 13.2. The predicted molar refractivity (Wildman–Crippen MR) is 145 cm³/mol. The summed E-state index contributed by atoms with van der Waals surface area (Å²) in [5, 5.41) is 0. The van der Waals surface area contributed by atoms with Gasteiger partial charge < -0.3 is 9.12 Å². The molecule has 0 amide bonds. The average Bonchev–Trinajstić information content (AvgIpc) is 2.84. The van der Waals surface area contributed by atoms with Crippen LogP contribution >= 0.6 is 0 Å². The number of benzene rings is 2. The highest BCUT2D eigenvalue weighted by atomic mass is 32.2. The minimum absolute atomic E-state index is 0.0779. The zero-order chi connectivity index (χ0) is 28.2. The maximum absolute atomic E-state index is 15.1. The van der Waals surface area contributed by atoms with Crippen LogP contribution in [0.15, 0.2) is 53.5 Å². The van der Waals surface area contributed by atoms with Crippen molar-refractivity contribution < 1.29 is 26.5 Å². The standard InChI is InChI=1S/C26H29F2N3O5S2/c1-5-6-11-37(34)29-16(2)19-14-25(32)31(3)15-22(19)20-13-24(30-38(4,35)36)23(28)12-21(20)26(33)17-7-9-18(27)10-8-17/h7-10,12-16,29-30H,5-6,11H2,1-4H3/t16-,37-/m0/s1. The van der Waals surface area contributed by atoms with Crippen molar-refractivity contribution in [1.82, 2.24) is 9.29 Å². The Bertz CT molecular complexity index is 1490. The number of hydrogen-bond donors (Lipinski definition) is 2. The summed E-state index contributed by atoms with van der Waals surface area (Å²) in [6, 6.07) is 7.48. The summed E-state index contributed by atoms with van der Waals surface area (Å²) in [5.74, 6) is -1.80. The van der Waals surface area contributed by atoms with Crippen molar-refractivity contribution in [2.24, 2.45) is 7.05 Å². The van der Waals surface area contributed by atoms with Crippen molar-refractivity contribution >= 4 is 32.9 Å². The lowest BCUT2D eigenvalue weighted by atomic mass is 9.90. The van der Waals surface area contributed by atoms with Crippen molar-refractivity contribution in [3.05, 3.63) is 87.3 Å². The summed E-state index contributed by atoms with van der Waals surface area (Å²) in [6.07, 6.45) is 3.88. The number of halogens is 2. The number of pyridine rings is 1. The van der Waals surface area contributed by atoms with Gasteiger partial charge in [-0.3, -0.25) is 14.3 Å². The number of anilines is 1. The van der Waals surface area contributed by atoms with Crippen LogP contribution in [0.4, 0.5) is 14.5 Å². The second kappa shape index (κ2) is 12.2. The summed E-state index contributed by atoms with van der Waals surface area (Å²) in [7, 11) is -2.39. The summed E-state index contributed by atoms with van der Waals surface area (Å²) in [6.45, 7) is 3.67. The number of hydrogen-bond acceptors (Lipinski definition) is 6.